The summed E-state index contributed by atoms with van der Waals surface area (Å²) in [7, 11) is 0. The van der Waals surface area contributed by atoms with E-state index in [0.717, 1.165) is 0 Å². The number of esters is 2. The first-order valence-electron chi connectivity index (χ1n) is 10.0. The summed E-state index contributed by atoms with van der Waals surface area (Å²) >= 11 is 0. The average molecular weight is 490 g/mol. The summed E-state index contributed by atoms with van der Waals surface area (Å²) in [6, 6.07) is 0. The van der Waals surface area contributed by atoms with E-state index in [4.69, 9.17) is 9.47 Å². The monoisotopic (exact) mass is 490 g/mol. The smallest absolute Gasteiger partial charge is 0.462 e. The van der Waals surface area contributed by atoms with Crippen molar-refractivity contribution in [1.82, 2.24) is 10.1 Å². The fraction of sp³-hybridized carbons (Fsp3) is 0.611. The van der Waals surface area contributed by atoms with Crippen molar-refractivity contribution in [3.63, 3.8) is 0 Å². The van der Waals surface area contributed by atoms with Crippen LogP contribution in [-0.4, -0.2) is 89.9 Å². The molecule has 2 aliphatic heterocycles. The van der Waals surface area contributed by atoms with Gasteiger partial charge in [-0.25, -0.2) is 9.59 Å². The Balaban J connectivity index is 1.46. The maximum atomic E-state index is 11.6. The highest BCUT2D eigenvalue weighted by molar-refractivity contribution is 6.01. The first-order valence-corrected chi connectivity index (χ1v) is 10.0. The van der Waals surface area contributed by atoms with E-state index in [2.05, 4.69) is 19.1 Å². The van der Waals surface area contributed by atoms with Gasteiger partial charge in [0.25, 0.3) is 17.7 Å². The molecule has 1 unspecified atom stereocenters. The van der Waals surface area contributed by atoms with Crippen molar-refractivity contribution in [3.05, 3.63) is 0 Å². The normalized spacial score (nSPS) is 17.4. The summed E-state index contributed by atoms with van der Waals surface area (Å²) in [4.78, 5) is 88.8. The van der Waals surface area contributed by atoms with Crippen molar-refractivity contribution in [2.45, 2.75) is 44.8 Å². The van der Waals surface area contributed by atoms with Crippen LogP contribution in [0, 0.1) is 0 Å². The average Bonchev–Trinajstić information content (AvgIpc) is 3.28. The molecule has 0 saturated carbocycles. The van der Waals surface area contributed by atoms with Crippen molar-refractivity contribution in [2.75, 3.05) is 26.4 Å². The maximum absolute atomic E-state index is 11.6. The second kappa shape index (κ2) is 12.9. The van der Waals surface area contributed by atoms with Gasteiger partial charge in [-0.15, -0.1) is 5.06 Å². The van der Waals surface area contributed by atoms with Gasteiger partial charge < -0.3 is 28.9 Å². The zero-order valence-electron chi connectivity index (χ0n) is 17.8. The molecule has 16 heteroatoms. The molecule has 1 N–H and O–H groups in total. The second-order valence-electron chi connectivity index (χ2n) is 6.64. The zero-order chi connectivity index (χ0) is 25.1. The van der Waals surface area contributed by atoms with Crippen LogP contribution in [0.15, 0.2) is 0 Å². The Morgan fingerprint density at radius 2 is 1.18 bits per heavy atom. The summed E-state index contributed by atoms with van der Waals surface area (Å²) in [5, 5.41) is 10.2. The number of hydrogen-bond donors (Lipinski definition) is 1. The van der Waals surface area contributed by atoms with E-state index >= 15 is 0 Å². The number of ether oxygens (including phenoxy) is 4. The molecule has 0 aromatic heterocycles. The van der Waals surface area contributed by atoms with E-state index < -0.39 is 61.4 Å². The maximum Gasteiger partial charge on any atom is 0.534 e. The van der Waals surface area contributed by atoms with Gasteiger partial charge >= 0.3 is 24.2 Å². The molecule has 16 nitrogen and oxygen atoms in total. The van der Waals surface area contributed by atoms with Crippen molar-refractivity contribution >= 4 is 42.0 Å². The Morgan fingerprint density at radius 3 is 1.65 bits per heavy atom. The minimum atomic E-state index is -1.32. The lowest BCUT2D eigenvalue weighted by Gasteiger charge is -2.17. The molecule has 3 amide bonds. The lowest BCUT2D eigenvalue weighted by Crippen LogP contribution is -2.35. The molecule has 2 saturated heterocycles. The van der Waals surface area contributed by atoms with Gasteiger partial charge in [-0.2, -0.15) is 0 Å². The topological polar surface area (TPSA) is 202 Å². The van der Waals surface area contributed by atoms with Gasteiger partial charge in [0, 0.05) is 25.7 Å². The zero-order valence-corrected chi connectivity index (χ0v) is 17.8. The quantitative estimate of drug-likeness (QED) is 0.161. The van der Waals surface area contributed by atoms with Gasteiger partial charge in [0.1, 0.15) is 26.4 Å². The number of hydrogen-bond acceptors (Lipinski definition) is 14. The summed E-state index contributed by atoms with van der Waals surface area (Å²) in [6.45, 7) is -1.53. The number of aliphatic hydroxyl groups excluding tert-OH is 1. The van der Waals surface area contributed by atoms with Gasteiger partial charge in [-0.3, -0.25) is 28.8 Å². The molecule has 1 atom stereocenters. The van der Waals surface area contributed by atoms with Crippen LogP contribution in [-0.2, 0) is 52.6 Å². The van der Waals surface area contributed by atoms with Crippen LogP contribution in [0.4, 0.5) is 9.59 Å². The van der Waals surface area contributed by atoms with Crippen LogP contribution in [0.5, 0.6) is 0 Å². The molecule has 188 valence electrons. The summed E-state index contributed by atoms with van der Waals surface area (Å²) in [6.07, 6.45) is -4.53. The Kier molecular flexibility index (Phi) is 10.0. The number of carbonyl (C=O) groups is 7. The van der Waals surface area contributed by atoms with Gasteiger partial charge in [0.15, 0.2) is 6.23 Å². The van der Waals surface area contributed by atoms with E-state index in [0.29, 0.717) is 10.1 Å². The van der Waals surface area contributed by atoms with Crippen molar-refractivity contribution in [1.29, 1.82) is 0 Å². The predicted molar refractivity (Wildman–Crippen MR) is 99.2 cm³/mol. The van der Waals surface area contributed by atoms with Crippen molar-refractivity contribution in [3.8, 4) is 0 Å². The van der Waals surface area contributed by atoms with Crippen LogP contribution in [0.3, 0.4) is 0 Å². The second-order valence-corrected chi connectivity index (χ2v) is 6.64. The molecule has 0 bridgehead atoms. The van der Waals surface area contributed by atoms with Gasteiger partial charge in [0.05, 0.1) is 12.8 Å². The molecule has 0 aromatic carbocycles. The molecule has 0 radical (unpaired) electrons. The third-order valence-electron chi connectivity index (χ3n) is 4.14. The lowest BCUT2D eigenvalue weighted by molar-refractivity contribution is -0.199. The van der Waals surface area contributed by atoms with Crippen LogP contribution in [0.2, 0.25) is 0 Å². The van der Waals surface area contributed by atoms with E-state index in [1.165, 1.54) is 0 Å². The SMILES string of the molecule is O=C(CCC(=O)OCCOC(=O)ON1C(=O)CCC1O)OCCOC(=O)ON1C(=O)CCC1=O. The lowest BCUT2D eigenvalue weighted by atomic mass is 10.3. The molecule has 0 spiro atoms. The van der Waals surface area contributed by atoms with Gasteiger partial charge in [-0.1, -0.05) is 5.06 Å². The van der Waals surface area contributed by atoms with Gasteiger partial charge in [-0.05, 0) is 0 Å². The number of imide groups is 1. The first kappa shape index (κ1) is 26.3. The molecule has 2 aliphatic rings. The predicted octanol–water partition coefficient (Wildman–Crippen LogP) is -0.921. The van der Waals surface area contributed by atoms with E-state index in [1.54, 1.807) is 0 Å². The minimum Gasteiger partial charge on any atom is -0.462 e. The number of amides is 3. The third-order valence-corrected chi connectivity index (χ3v) is 4.14. The molecule has 2 heterocycles. The standard InChI is InChI=1S/C18H22N2O14/c21-11-1-2-12(22)19(11)33-17(27)31-9-7-29-15(25)5-6-16(26)30-8-10-32-18(28)34-20-13(23)3-4-14(20)24/h11,21H,1-10H2. The molecule has 0 aromatic rings. The van der Waals surface area contributed by atoms with E-state index in [1.807, 2.05) is 0 Å². The van der Waals surface area contributed by atoms with E-state index in [-0.39, 0.29) is 51.7 Å². The Labute approximate surface area is 191 Å². The van der Waals surface area contributed by atoms with Crippen LogP contribution < -0.4 is 0 Å². The Bertz CT molecular complexity index is 811. The van der Waals surface area contributed by atoms with Crippen LogP contribution in [0.1, 0.15) is 38.5 Å². The fourth-order valence-electron chi connectivity index (χ4n) is 2.53. The number of nitrogens with zero attached hydrogens (tertiary/aromatic N) is 2. The highest BCUT2D eigenvalue weighted by Gasteiger charge is 2.34. The number of rotatable bonds is 11. The van der Waals surface area contributed by atoms with Crippen LogP contribution >= 0.6 is 0 Å². The Hall–Kier alpha value is -3.95. The van der Waals surface area contributed by atoms with Crippen molar-refractivity contribution < 1.29 is 67.3 Å². The summed E-state index contributed by atoms with van der Waals surface area (Å²) in [5.74, 6) is -3.52. The van der Waals surface area contributed by atoms with Gasteiger partial charge in [0.2, 0.25) is 0 Å². The third kappa shape index (κ3) is 8.53. The number of aliphatic hydroxyl groups is 1. The first-order chi connectivity index (χ1) is 16.2. The number of carbonyl (C=O) groups excluding carboxylic acids is 7. The molecule has 2 rings (SSSR count). The fourth-order valence-corrected chi connectivity index (χ4v) is 2.53. The molecule has 0 aliphatic carbocycles. The Morgan fingerprint density at radius 1 is 0.706 bits per heavy atom. The largest absolute Gasteiger partial charge is 0.534 e. The molecular formula is C18H22N2O14. The van der Waals surface area contributed by atoms with Crippen LogP contribution in [0.25, 0.3) is 0 Å². The van der Waals surface area contributed by atoms with E-state index in [9.17, 15) is 38.7 Å². The van der Waals surface area contributed by atoms with Crippen molar-refractivity contribution in [2.24, 2.45) is 0 Å². The molecular weight excluding hydrogens is 468 g/mol. The summed E-state index contributed by atoms with van der Waals surface area (Å²) < 4.78 is 18.6. The molecule has 34 heavy (non-hydrogen) atoms. The summed E-state index contributed by atoms with van der Waals surface area (Å²) in [5.41, 5.74) is 0. The minimum absolute atomic E-state index is 0.0249. The molecule has 2 fully saturated rings. The highest BCUT2D eigenvalue weighted by atomic mass is 16.8. The number of hydroxylamine groups is 4. The highest BCUT2D eigenvalue weighted by Crippen LogP contribution is 2.17.